The summed E-state index contributed by atoms with van der Waals surface area (Å²) < 4.78 is 4.87. The van der Waals surface area contributed by atoms with E-state index < -0.39 is 0 Å². The molecular formula is C40H28N2S2. The fraction of sp³-hybridized carbons (Fsp3) is 0.0500. The number of thiophene rings is 2. The van der Waals surface area contributed by atoms with Crippen LogP contribution >= 0.6 is 22.7 Å². The maximum atomic E-state index is 2.44. The summed E-state index contributed by atoms with van der Waals surface area (Å²) in [5.41, 5.74) is 9.80. The number of hydrogen-bond donors (Lipinski definition) is 0. The SMILES string of the molecule is Cc1ccc(-c2cccc3c2c2ccccc2n3-c2cccc(-n3c4ccccc4c4c(-c5ccc(C)s5)cccc43)c2)s1. The van der Waals surface area contributed by atoms with Gasteiger partial charge in [-0.2, -0.15) is 0 Å². The monoisotopic (exact) mass is 600 g/mol. The van der Waals surface area contributed by atoms with Gasteiger partial charge in [-0.05, 0) is 80.6 Å². The third-order valence-corrected chi connectivity index (χ3v) is 10.8. The molecular weight excluding hydrogens is 573 g/mol. The summed E-state index contributed by atoms with van der Waals surface area (Å²) >= 11 is 3.72. The minimum Gasteiger partial charge on any atom is -0.309 e. The first-order valence-corrected chi connectivity index (χ1v) is 16.6. The minimum atomic E-state index is 1.16. The zero-order valence-corrected chi connectivity index (χ0v) is 26.0. The highest BCUT2D eigenvalue weighted by molar-refractivity contribution is 7.15. The average molecular weight is 601 g/mol. The summed E-state index contributed by atoms with van der Waals surface area (Å²) in [5.74, 6) is 0. The van der Waals surface area contributed by atoms with Gasteiger partial charge in [-0.1, -0.05) is 66.7 Å². The van der Waals surface area contributed by atoms with E-state index in [1.165, 1.54) is 74.2 Å². The zero-order chi connectivity index (χ0) is 29.4. The van der Waals surface area contributed by atoms with Gasteiger partial charge in [-0.25, -0.2) is 0 Å². The van der Waals surface area contributed by atoms with E-state index >= 15 is 0 Å². The Balaban J connectivity index is 1.31. The van der Waals surface area contributed by atoms with Crippen molar-refractivity contribution in [3.63, 3.8) is 0 Å². The molecule has 0 amide bonds. The Bertz CT molecular complexity index is 2360. The Morgan fingerprint density at radius 3 is 1.30 bits per heavy atom. The third kappa shape index (κ3) is 3.78. The number of aryl methyl sites for hydroxylation is 2. The van der Waals surface area contributed by atoms with Gasteiger partial charge in [-0.3, -0.25) is 0 Å². The first-order chi connectivity index (χ1) is 21.7. The Morgan fingerprint density at radius 1 is 0.409 bits per heavy atom. The van der Waals surface area contributed by atoms with Crippen LogP contribution in [0.4, 0.5) is 0 Å². The van der Waals surface area contributed by atoms with Crippen LogP contribution in [-0.2, 0) is 0 Å². The molecule has 0 N–H and O–H groups in total. The maximum absolute atomic E-state index is 2.44. The van der Waals surface area contributed by atoms with Gasteiger partial charge in [-0.15, -0.1) is 22.7 Å². The largest absolute Gasteiger partial charge is 0.309 e. The second-order valence-electron chi connectivity index (χ2n) is 11.4. The highest BCUT2D eigenvalue weighted by Gasteiger charge is 2.19. The standard InChI is InChI=1S/C40H28N2S2/c1-25-20-22-37(43-25)31-14-8-18-35-39(31)29-12-3-5-16-33(29)41(35)27-10-7-11-28(24-27)42-34-17-6-4-13-30(34)40-32(15-9-19-36(40)42)38-23-21-26(2)44-38/h3-24H,1-2H3. The summed E-state index contributed by atoms with van der Waals surface area (Å²) in [6.45, 7) is 4.37. The van der Waals surface area contributed by atoms with Crippen LogP contribution < -0.4 is 0 Å². The number of para-hydroxylation sites is 2. The molecule has 0 bridgehead atoms. The molecule has 44 heavy (non-hydrogen) atoms. The lowest BCUT2D eigenvalue weighted by atomic mass is 10.1. The molecule has 0 aliphatic rings. The van der Waals surface area contributed by atoms with Crippen molar-refractivity contribution in [2.45, 2.75) is 13.8 Å². The molecule has 0 radical (unpaired) electrons. The van der Waals surface area contributed by atoms with Crippen molar-refractivity contribution in [1.82, 2.24) is 9.13 Å². The molecule has 2 nitrogen and oxygen atoms in total. The fourth-order valence-electron chi connectivity index (χ4n) is 6.94. The van der Waals surface area contributed by atoms with Gasteiger partial charge >= 0.3 is 0 Å². The van der Waals surface area contributed by atoms with E-state index in [4.69, 9.17) is 0 Å². The van der Waals surface area contributed by atoms with Gasteiger partial charge in [0.25, 0.3) is 0 Å². The number of fused-ring (bicyclic) bond motifs is 6. The predicted octanol–water partition coefficient (Wildman–Crippen LogP) is 12.0. The Kier molecular flexibility index (Phi) is 5.71. The van der Waals surface area contributed by atoms with Crippen LogP contribution in [-0.4, -0.2) is 9.13 Å². The molecule has 9 aromatic rings. The second-order valence-corrected chi connectivity index (χ2v) is 14.0. The van der Waals surface area contributed by atoms with Crippen LogP contribution in [0.3, 0.4) is 0 Å². The van der Waals surface area contributed by atoms with Gasteiger partial charge in [0.1, 0.15) is 0 Å². The first-order valence-electron chi connectivity index (χ1n) is 14.9. The number of rotatable bonds is 4. The highest BCUT2D eigenvalue weighted by Crippen LogP contribution is 2.43. The van der Waals surface area contributed by atoms with Crippen molar-refractivity contribution in [3.05, 3.63) is 143 Å². The van der Waals surface area contributed by atoms with Gasteiger partial charge in [0.05, 0.1) is 22.1 Å². The molecule has 4 heterocycles. The highest BCUT2D eigenvalue weighted by atomic mass is 32.1. The summed E-state index contributed by atoms with van der Waals surface area (Å²) in [4.78, 5) is 5.28. The van der Waals surface area contributed by atoms with E-state index in [1.54, 1.807) is 0 Å². The summed E-state index contributed by atoms with van der Waals surface area (Å²) in [7, 11) is 0. The van der Waals surface area contributed by atoms with E-state index in [-0.39, 0.29) is 0 Å². The molecule has 210 valence electrons. The van der Waals surface area contributed by atoms with E-state index in [9.17, 15) is 0 Å². The molecule has 0 unspecified atom stereocenters. The molecule has 5 aromatic carbocycles. The summed E-state index contributed by atoms with van der Waals surface area (Å²) in [6.07, 6.45) is 0. The normalized spacial score (nSPS) is 11.9. The molecule has 0 saturated carbocycles. The van der Waals surface area contributed by atoms with Gasteiger partial charge in [0.15, 0.2) is 0 Å². The Labute approximate surface area is 263 Å². The maximum Gasteiger partial charge on any atom is 0.0547 e. The van der Waals surface area contributed by atoms with Crippen molar-refractivity contribution in [3.8, 4) is 32.3 Å². The van der Waals surface area contributed by atoms with Gasteiger partial charge in [0, 0.05) is 63.6 Å². The van der Waals surface area contributed by atoms with Crippen molar-refractivity contribution in [2.75, 3.05) is 0 Å². The van der Waals surface area contributed by atoms with Crippen LogP contribution in [0.25, 0.3) is 75.9 Å². The summed E-state index contributed by atoms with van der Waals surface area (Å²) in [6, 6.07) is 49.1. The molecule has 9 rings (SSSR count). The third-order valence-electron chi connectivity index (χ3n) is 8.75. The van der Waals surface area contributed by atoms with Crippen LogP contribution in [0.2, 0.25) is 0 Å². The van der Waals surface area contributed by atoms with E-state index in [2.05, 4.69) is 156 Å². The Hall–Kier alpha value is -4.90. The molecule has 4 heteroatoms. The lowest BCUT2D eigenvalue weighted by Gasteiger charge is -2.13. The predicted molar refractivity (Wildman–Crippen MR) is 191 cm³/mol. The van der Waals surface area contributed by atoms with Gasteiger partial charge < -0.3 is 9.13 Å². The fourth-order valence-corrected chi connectivity index (χ4v) is 8.73. The van der Waals surface area contributed by atoms with Crippen molar-refractivity contribution in [1.29, 1.82) is 0 Å². The molecule has 0 fully saturated rings. The van der Waals surface area contributed by atoms with Crippen molar-refractivity contribution >= 4 is 66.3 Å². The van der Waals surface area contributed by atoms with E-state index in [0.29, 0.717) is 0 Å². The van der Waals surface area contributed by atoms with E-state index in [1.807, 2.05) is 22.7 Å². The quantitative estimate of drug-likeness (QED) is 0.190. The number of benzene rings is 5. The minimum absolute atomic E-state index is 1.16. The smallest absolute Gasteiger partial charge is 0.0547 e. The molecule has 0 saturated heterocycles. The molecule has 4 aromatic heterocycles. The number of aromatic nitrogens is 2. The number of nitrogens with zero attached hydrogens (tertiary/aromatic N) is 2. The first kappa shape index (κ1) is 25.6. The van der Waals surface area contributed by atoms with Gasteiger partial charge in [0.2, 0.25) is 0 Å². The van der Waals surface area contributed by atoms with Crippen LogP contribution in [0.15, 0.2) is 133 Å². The lowest BCUT2D eigenvalue weighted by molar-refractivity contribution is 1.13. The number of hydrogen-bond acceptors (Lipinski definition) is 2. The van der Waals surface area contributed by atoms with Crippen LogP contribution in [0.5, 0.6) is 0 Å². The Morgan fingerprint density at radius 2 is 0.841 bits per heavy atom. The second kappa shape index (κ2) is 9.81. The molecule has 0 aliphatic carbocycles. The molecule has 0 spiro atoms. The molecule has 0 aliphatic heterocycles. The zero-order valence-electron chi connectivity index (χ0n) is 24.4. The van der Waals surface area contributed by atoms with Crippen LogP contribution in [0, 0.1) is 13.8 Å². The van der Waals surface area contributed by atoms with Crippen molar-refractivity contribution < 1.29 is 0 Å². The molecule has 0 atom stereocenters. The van der Waals surface area contributed by atoms with Crippen LogP contribution in [0.1, 0.15) is 9.75 Å². The summed E-state index contributed by atoms with van der Waals surface area (Å²) in [5, 5.41) is 5.18. The topological polar surface area (TPSA) is 9.86 Å². The van der Waals surface area contributed by atoms with Crippen molar-refractivity contribution in [2.24, 2.45) is 0 Å². The average Bonchev–Trinajstić information content (AvgIpc) is 3.84. The lowest BCUT2D eigenvalue weighted by Crippen LogP contribution is -1.98. The van der Waals surface area contributed by atoms with E-state index in [0.717, 1.165) is 11.4 Å².